The molecular formula is C23H19ClN2O4. The highest BCUT2D eigenvalue weighted by atomic mass is 35.5. The predicted octanol–water partition coefficient (Wildman–Crippen LogP) is 4.70. The Hall–Kier alpha value is -3.64. The van der Waals surface area contributed by atoms with E-state index in [4.69, 9.17) is 16.3 Å². The summed E-state index contributed by atoms with van der Waals surface area (Å²) in [5, 5.41) is 6.09. The second-order valence-corrected chi connectivity index (χ2v) is 6.88. The minimum absolute atomic E-state index is 0.138. The molecule has 0 spiro atoms. The number of benzene rings is 3. The lowest BCUT2D eigenvalue weighted by Crippen LogP contribution is -2.15. The van der Waals surface area contributed by atoms with Crippen LogP contribution in [-0.2, 0) is 16.0 Å². The Kier molecular flexibility index (Phi) is 6.83. The van der Waals surface area contributed by atoms with E-state index in [0.29, 0.717) is 22.0 Å². The Labute approximate surface area is 178 Å². The molecule has 0 aliphatic carbocycles. The van der Waals surface area contributed by atoms with Gasteiger partial charge in [0.2, 0.25) is 5.91 Å². The molecule has 0 aliphatic heterocycles. The normalized spacial score (nSPS) is 10.2. The van der Waals surface area contributed by atoms with Gasteiger partial charge in [0.15, 0.2) is 0 Å². The van der Waals surface area contributed by atoms with Gasteiger partial charge in [-0.25, -0.2) is 0 Å². The van der Waals surface area contributed by atoms with Gasteiger partial charge in [0.1, 0.15) is 5.75 Å². The Morgan fingerprint density at radius 2 is 1.57 bits per heavy atom. The molecule has 0 aromatic heterocycles. The van der Waals surface area contributed by atoms with Gasteiger partial charge in [-0.3, -0.25) is 14.4 Å². The zero-order valence-electron chi connectivity index (χ0n) is 16.1. The van der Waals surface area contributed by atoms with E-state index in [9.17, 15) is 14.4 Å². The molecule has 2 N–H and O–H groups in total. The van der Waals surface area contributed by atoms with Gasteiger partial charge in [-0.1, -0.05) is 41.9 Å². The van der Waals surface area contributed by atoms with E-state index < -0.39 is 5.97 Å². The summed E-state index contributed by atoms with van der Waals surface area (Å²) in [6, 6.07) is 20.3. The third kappa shape index (κ3) is 5.93. The first-order valence-electron chi connectivity index (χ1n) is 9.14. The molecule has 0 atom stereocenters. The molecule has 7 heteroatoms. The fraction of sp³-hybridized carbons (Fsp3) is 0.0870. The average molecular weight is 423 g/mol. The van der Waals surface area contributed by atoms with Gasteiger partial charge in [0.05, 0.1) is 6.42 Å². The van der Waals surface area contributed by atoms with Crippen molar-refractivity contribution in [3.05, 3.63) is 88.9 Å². The zero-order chi connectivity index (χ0) is 21.5. The minimum Gasteiger partial charge on any atom is -0.427 e. The summed E-state index contributed by atoms with van der Waals surface area (Å²) in [5.41, 5.74) is 2.11. The van der Waals surface area contributed by atoms with Crippen LogP contribution in [0.15, 0.2) is 72.8 Å². The summed E-state index contributed by atoms with van der Waals surface area (Å²) in [6.07, 6.45) is 0.138. The Morgan fingerprint density at radius 1 is 0.867 bits per heavy atom. The minimum atomic E-state index is -0.465. The van der Waals surface area contributed by atoms with Crippen LogP contribution in [-0.4, -0.2) is 17.8 Å². The zero-order valence-corrected chi connectivity index (χ0v) is 16.9. The molecule has 0 aliphatic rings. The van der Waals surface area contributed by atoms with Crippen molar-refractivity contribution >= 4 is 40.8 Å². The Bertz CT molecular complexity index is 1100. The summed E-state index contributed by atoms with van der Waals surface area (Å²) in [5.74, 6) is -0.771. The molecule has 0 heterocycles. The first-order valence-corrected chi connectivity index (χ1v) is 9.51. The van der Waals surface area contributed by atoms with Crippen LogP contribution in [0, 0.1) is 0 Å². The number of amides is 2. The molecule has 0 saturated carbocycles. The van der Waals surface area contributed by atoms with Crippen LogP contribution in [0.1, 0.15) is 22.8 Å². The van der Waals surface area contributed by atoms with E-state index in [0.717, 1.165) is 5.56 Å². The first-order chi connectivity index (χ1) is 14.4. The summed E-state index contributed by atoms with van der Waals surface area (Å²) >= 11 is 6.10. The molecule has 152 valence electrons. The SMILES string of the molecule is CC(=O)Oc1cccc(C(=O)Nc2cccc(NC(=O)Cc3ccccc3Cl)c2)c1. The van der Waals surface area contributed by atoms with Crippen molar-refractivity contribution in [3.63, 3.8) is 0 Å². The third-order valence-electron chi connectivity index (χ3n) is 4.07. The van der Waals surface area contributed by atoms with Crippen molar-refractivity contribution in [2.45, 2.75) is 13.3 Å². The molecule has 0 fully saturated rings. The number of halogens is 1. The molecule has 0 unspecified atom stereocenters. The summed E-state index contributed by atoms with van der Waals surface area (Å²) in [7, 11) is 0. The van der Waals surface area contributed by atoms with Crippen LogP contribution < -0.4 is 15.4 Å². The molecule has 3 rings (SSSR count). The molecule has 30 heavy (non-hydrogen) atoms. The maximum absolute atomic E-state index is 12.5. The van der Waals surface area contributed by atoms with Crippen LogP contribution >= 0.6 is 11.6 Å². The van der Waals surface area contributed by atoms with Crippen molar-refractivity contribution in [3.8, 4) is 5.75 Å². The van der Waals surface area contributed by atoms with Gasteiger partial charge in [0, 0.05) is 28.9 Å². The van der Waals surface area contributed by atoms with Gasteiger partial charge in [-0.15, -0.1) is 0 Å². The Morgan fingerprint density at radius 3 is 2.30 bits per heavy atom. The van der Waals surface area contributed by atoms with Crippen molar-refractivity contribution < 1.29 is 19.1 Å². The molecule has 0 saturated heterocycles. The summed E-state index contributed by atoms with van der Waals surface area (Å²) < 4.78 is 5.00. The van der Waals surface area contributed by atoms with Gasteiger partial charge in [-0.05, 0) is 48.0 Å². The van der Waals surface area contributed by atoms with E-state index in [-0.39, 0.29) is 24.0 Å². The monoisotopic (exact) mass is 422 g/mol. The second kappa shape index (κ2) is 9.71. The van der Waals surface area contributed by atoms with Gasteiger partial charge in [0.25, 0.3) is 5.91 Å². The van der Waals surface area contributed by atoms with Crippen molar-refractivity contribution in [1.29, 1.82) is 0 Å². The Balaban J connectivity index is 1.65. The molecule has 0 bridgehead atoms. The van der Waals surface area contributed by atoms with Gasteiger partial charge in [-0.2, -0.15) is 0 Å². The topological polar surface area (TPSA) is 84.5 Å². The average Bonchev–Trinajstić information content (AvgIpc) is 2.69. The van der Waals surface area contributed by atoms with Crippen LogP contribution in [0.5, 0.6) is 5.75 Å². The lowest BCUT2D eigenvalue weighted by molar-refractivity contribution is -0.131. The smallest absolute Gasteiger partial charge is 0.308 e. The van der Waals surface area contributed by atoms with Crippen LogP contribution in [0.2, 0.25) is 5.02 Å². The highest BCUT2D eigenvalue weighted by Crippen LogP contribution is 2.20. The number of hydrogen-bond acceptors (Lipinski definition) is 4. The molecule has 6 nitrogen and oxygen atoms in total. The lowest BCUT2D eigenvalue weighted by Gasteiger charge is -2.10. The highest BCUT2D eigenvalue weighted by molar-refractivity contribution is 6.31. The van der Waals surface area contributed by atoms with Crippen molar-refractivity contribution in [2.24, 2.45) is 0 Å². The molecule has 3 aromatic carbocycles. The quantitative estimate of drug-likeness (QED) is 0.445. The van der Waals surface area contributed by atoms with E-state index >= 15 is 0 Å². The maximum Gasteiger partial charge on any atom is 0.308 e. The largest absolute Gasteiger partial charge is 0.427 e. The molecular weight excluding hydrogens is 404 g/mol. The number of carbonyl (C=O) groups excluding carboxylic acids is 3. The third-order valence-corrected chi connectivity index (χ3v) is 4.44. The van der Waals surface area contributed by atoms with E-state index in [1.807, 2.05) is 6.07 Å². The van der Waals surface area contributed by atoms with E-state index in [1.54, 1.807) is 60.7 Å². The van der Waals surface area contributed by atoms with Gasteiger partial charge < -0.3 is 15.4 Å². The number of esters is 1. The number of hydrogen-bond donors (Lipinski definition) is 2. The fourth-order valence-corrected chi connectivity index (χ4v) is 2.97. The van der Waals surface area contributed by atoms with Crippen LogP contribution in [0.25, 0.3) is 0 Å². The lowest BCUT2D eigenvalue weighted by atomic mass is 10.1. The van der Waals surface area contributed by atoms with Crippen LogP contribution in [0.3, 0.4) is 0 Å². The fourth-order valence-electron chi connectivity index (χ4n) is 2.76. The highest BCUT2D eigenvalue weighted by Gasteiger charge is 2.10. The van der Waals surface area contributed by atoms with Gasteiger partial charge >= 0.3 is 5.97 Å². The number of nitrogens with one attached hydrogen (secondary N) is 2. The van der Waals surface area contributed by atoms with Crippen LogP contribution in [0.4, 0.5) is 11.4 Å². The number of carbonyl (C=O) groups is 3. The number of anilines is 2. The standard InChI is InChI=1S/C23H19ClN2O4/c1-15(27)30-20-10-4-7-17(12-20)23(29)26-19-9-5-8-18(14-19)25-22(28)13-16-6-2-3-11-21(16)24/h2-12,14H,13H2,1H3,(H,25,28)(H,26,29). The number of ether oxygens (including phenoxy) is 1. The van der Waals surface area contributed by atoms with Crippen molar-refractivity contribution in [2.75, 3.05) is 10.6 Å². The number of rotatable bonds is 6. The summed E-state index contributed by atoms with van der Waals surface area (Å²) in [4.78, 5) is 35.9. The second-order valence-electron chi connectivity index (χ2n) is 6.47. The molecule has 2 amide bonds. The molecule has 3 aromatic rings. The first kappa shape index (κ1) is 21.1. The van der Waals surface area contributed by atoms with E-state index in [2.05, 4.69) is 10.6 Å². The molecule has 0 radical (unpaired) electrons. The predicted molar refractivity (Wildman–Crippen MR) is 116 cm³/mol. The summed E-state index contributed by atoms with van der Waals surface area (Å²) in [6.45, 7) is 1.29. The van der Waals surface area contributed by atoms with E-state index in [1.165, 1.54) is 13.0 Å². The maximum atomic E-state index is 12.5. The van der Waals surface area contributed by atoms with Crippen molar-refractivity contribution in [1.82, 2.24) is 0 Å².